The summed E-state index contributed by atoms with van der Waals surface area (Å²) in [5.41, 5.74) is 5.35. The molecule has 6 heteroatoms. The molecule has 0 fully saturated rings. The Morgan fingerprint density at radius 1 is 1.83 bits per heavy atom. The van der Waals surface area contributed by atoms with Crippen LogP contribution in [-0.4, -0.2) is 31.6 Å². The number of carbonyl (C=O) groups is 1. The van der Waals surface area contributed by atoms with E-state index in [-0.39, 0.29) is 24.4 Å². The number of esters is 1. The summed E-state index contributed by atoms with van der Waals surface area (Å²) in [4.78, 5) is 14.8. The minimum atomic E-state index is -0.322. The maximum absolute atomic E-state index is 10.9. The summed E-state index contributed by atoms with van der Waals surface area (Å²) in [6.07, 6.45) is 0.646. The normalized spacial score (nSPS) is 21.4. The molecule has 1 heterocycles. The number of ether oxygens (including phenoxy) is 1. The summed E-state index contributed by atoms with van der Waals surface area (Å²) >= 11 is 0. The van der Waals surface area contributed by atoms with Gasteiger partial charge in [-0.3, -0.25) is 4.99 Å². The minimum Gasteiger partial charge on any atom is -0.467 e. The first-order valence-electron chi connectivity index (χ1n) is 3.38. The number of methoxy groups -OCH3 is 1. The first-order valence-corrected chi connectivity index (χ1v) is 3.38. The first kappa shape index (κ1) is 11.0. The van der Waals surface area contributed by atoms with Crippen molar-refractivity contribution in [1.29, 1.82) is 0 Å². The van der Waals surface area contributed by atoms with E-state index in [1.807, 2.05) is 0 Å². The molecule has 0 saturated heterocycles. The molecule has 0 aromatic heterocycles. The third-order valence-corrected chi connectivity index (χ3v) is 1.51. The topological polar surface area (TPSA) is 76.7 Å². The second-order valence-electron chi connectivity index (χ2n) is 2.28. The second kappa shape index (κ2) is 4.82. The molecule has 0 aromatic carbocycles. The molecule has 70 valence electrons. The highest BCUT2D eigenvalue weighted by molar-refractivity contribution is 5.86. The second-order valence-corrected chi connectivity index (χ2v) is 2.28. The Bertz CT molecular complexity index is 195. The highest BCUT2D eigenvalue weighted by Gasteiger charge is 2.21. The van der Waals surface area contributed by atoms with Crippen LogP contribution in [0.2, 0.25) is 0 Å². The fourth-order valence-corrected chi connectivity index (χ4v) is 0.929. The van der Waals surface area contributed by atoms with Gasteiger partial charge >= 0.3 is 5.97 Å². The summed E-state index contributed by atoms with van der Waals surface area (Å²) in [5.74, 6) is 0.0227. The van der Waals surface area contributed by atoms with Gasteiger partial charge in [-0.15, -0.1) is 12.4 Å². The van der Waals surface area contributed by atoms with Crippen LogP contribution in [0.4, 0.5) is 0 Å². The smallest absolute Gasteiger partial charge is 0.328 e. The Morgan fingerprint density at radius 2 is 2.50 bits per heavy atom. The van der Waals surface area contributed by atoms with Crippen molar-refractivity contribution in [1.82, 2.24) is 5.32 Å². The van der Waals surface area contributed by atoms with Gasteiger partial charge in [0.15, 0.2) is 5.96 Å². The quantitative estimate of drug-likeness (QED) is 0.538. The number of rotatable bonds is 1. The van der Waals surface area contributed by atoms with E-state index in [4.69, 9.17) is 5.73 Å². The number of hydrogen-bond acceptors (Lipinski definition) is 5. The lowest BCUT2D eigenvalue weighted by molar-refractivity contribution is -0.142. The molecule has 0 spiro atoms. The van der Waals surface area contributed by atoms with E-state index in [1.165, 1.54) is 7.11 Å². The fraction of sp³-hybridized carbons (Fsp3) is 0.667. The van der Waals surface area contributed by atoms with Crippen LogP contribution in [0.3, 0.4) is 0 Å². The number of nitrogens with one attached hydrogen (secondary N) is 1. The number of aliphatic imine (C=N–C) groups is 1. The van der Waals surface area contributed by atoms with Crippen molar-refractivity contribution < 1.29 is 9.53 Å². The Balaban J connectivity index is 0.00000121. The van der Waals surface area contributed by atoms with Crippen molar-refractivity contribution in [3.63, 3.8) is 0 Å². The van der Waals surface area contributed by atoms with E-state index in [9.17, 15) is 4.79 Å². The van der Waals surface area contributed by atoms with Gasteiger partial charge in [0.1, 0.15) is 6.04 Å². The van der Waals surface area contributed by atoms with Gasteiger partial charge in [0.05, 0.1) is 7.11 Å². The molecule has 0 aromatic rings. The van der Waals surface area contributed by atoms with Gasteiger partial charge in [0.25, 0.3) is 0 Å². The summed E-state index contributed by atoms with van der Waals surface area (Å²) < 4.78 is 4.53. The molecular formula is C6H12ClN3O2. The molecule has 1 aliphatic rings. The molecule has 1 unspecified atom stereocenters. The molecule has 5 nitrogen and oxygen atoms in total. The van der Waals surface area contributed by atoms with Crippen LogP contribution in [0, 0.1) is 0 Å². The number of guanidine groups is 1. The van der Waals surface area contributed by atoms with Crippen molar-refractivity contribution in [2.75, 3.05) is 13.7 Å². The van der Waals surface area contributed by atoms with Gasteiger partial charge in [0, 0.05) is 6.54 Å². The number of nitrogens with zero attached hydrogens (tertiary/aromatic N) is 1. The number of halogens is 1. The van der Waals surface area contributed by atoms with E-state index < -0.39 is 0 Å². The molecule has 12 heavy (non-hydrogen) atoms. The van der Waals surface area contributed by atoms with Crippen LogP contribution in [0.15, 0.2) is 4.99 Å². The lowest BCUT2D eigenvalue weighted by Crippen LogP contribution is -2.48. The zero-order valence-electron chi connectivity index (χ0n) is 6.74. The van der Waals surface area contributed by atoms with Gasteiger partial charge < -0.3 is 15.8 Å². The first-order chi connectivity index (χ1) is 5.24. The van der Waals surface area contributed by atoms with E-state index in [2.05, 4.69) is 15.0 Å². The van der Waals surface area contributed by atoms with E-state index in [0.717, 1.165) is 0 Å². The van der Waals surface area contributed by atoms with Crippen molar-refractivity contribution >= 4 is 24.3 Å². The Hall–Kier alpha value is -0.970. The SMILES string of the molecule is COC(=O)C1CCN=C(N)N1.Cl. The zero-order chi connectivity index (χ0) is 8.27. The van der Waals surface area contributed by atoms with E-state index in [0.29, 0.717) is 18.9 Å². The average molecular weight is 194 g/mol. The zero-order valence-corrected chi connectivity index (χ0v) is 7.56. The molecule has 0 radical (unpaired) electrons. The number of hydrogen-bond donors (Lipinski definition) is 2. The lowest BCUT2D eigenvalue weighted by Gasteiger charge is -2.19. The average Bonchev–Trinajstić information content (AvgIpc) is 2.03. The van der Waals surface area contributed by atoms with Crippen LogP contribution < -0.4 is 11.1 Å². The maximum atomic E-state index is 10.9. The van der Waals surface area contributed by atoms with Gasteiger partial charge in [-0.2, -0.15) is 0 Å². The van der Waals surface area contributed by atoms with Crippen LogP contribution in [-0.2, 0) is 9.53 Å². The number of nitrogens with two attached hydrogens (primary N) is 1. The molecule has 1 atom stereocenters. The molecule has 0 amide bonds. The molecule has 1 rings (SSSR count). The van der Waals surface area contributed by atoms with Crippen LogP contribution in [0.1, 0.15) is 6.42 Å². The van der Waals surface area contributed by atoms with Crippen molar-refractivity contribution in [2.45, 2.75) is 12.5 Å². The van der Waals surface area contributed by atoms with Crippen molar-refractivity contribution in [3.05, 3.63) is 0 Å². The summed E-state index contributed by atoms with van der Waals surface area (Å²) in [6, 6.07) is -0.322. The monoisotopic (exact) mass is 193 g/mol. The predicted octanol–water partition coefficient (Wildman–Crippen LogP) is -0.742. The highest BCUT2D eigenvalue weighted by Crippen LogP contribution is 1.99. The Kier molecular flexibility index (Phi) is 4.43. The van der Waals surface area contributed by atoms with Gasteiger partial charge in [0.2, 0.25) is 0 Å². The summed E-state index contributed by atoms with van der Waals surface area (Å²) in [7, 11) is 1.35. The maximum Gasteiger partial charge on any atom is 0.328 e. The third-order valence-electron chi connectivity index (χ3n) is 1.51. The number of carbonyl (C=O) groups excluding carboxylic acids is 1. The van der Waals surface area contributed by atoms with Crippen LogP contribution in [0.25, 0.3) is 0 Å². The summed E-state index contributed by atoms with van der Waals surface area (Å²) in [5, 5.41) is 2.72. The summed E-state index contributed by atoms with van der Waals surface area (Å²) in [6.45, 7) is 0.582. The van der Waals surface area contributed by atoms with Crippen LogP contribution in [0.5, 0.6) is 0 Å². The van der Waals surface area contributed by atoms with E-state index >= 15 is 0 Å². The van der Waals surface area contributed by atoms with Crippen LogP contribution >= 0.6 is 12.4 Å². The Morgan fingerprint density at radius 3 is 3.00 bits per heavy atom. The fourth-order valence-electron chi connectivity index (χ4n) is 0.929. The minimum absolute atomic E-state index is 0. The molecule has 0 bridgehead atoms. The highest BCUT2D eigenvalue weighted by atomic mass is 35.5. The molecule has 0 aliphatic carbocycles. The standard InChI is InChI=1S/C6H11N3O2.ClH/c1-11-5(10)4-2-3-8-6(7)9-4;/h4H,2-3H2,1H3,(H3,7,8,9);1H. The van der Waals surface area contributed by atoms with Crippen molar-refractivity contribution in [3.8, 4) is 0 Å². The molecule has 0 saturated carbocycles. The Labute approximate surface area is 76.8 Å². The van der Waals surface area contributed by atoms with Gasteiger partial charge in [-0.1, -0.05) is 0 Å². The largest absolute Gasteiger partial charge is 0.467 e. The van der Waals surface area contributed by atoms with E-state index in [1.54, 1.807) is 0 Å². The third kappa shape index (κ3) is 2.58. The lowest BCUT2D eigenvalue weighted by atomic mass is 10.2. The molecular weight excluding hydrogens is 182 g/mol. The van der Waals surface area contributed by atoms with Crippen molar-refractivity contribution in [2.24, 2.45) is 10.7 Å². The molecule has 3 N–H and O–H groups in total. The van der Waals surface area contributed by atoms with Gasteiger partial charge in [-0.25, -0.2) is 4.79 Å². The molecule has 1 aliphatic heterocycles. The predicted molar refractivity (Wildman–Crippen MR) is 47.3 cm³/mol. The van der Waals surface area contributed by atoms with Gasteiger partial charge in [-0.05, 0) is 6.42 Å².